The minimum atomic E-state index is 0. The third-order valence-electron chi connectivity index (χ3n) is 4.12. The Hall–Kier alpha value is -1.71. The third kappa shape index (κ3) is 8.68. The average Bonchev–Trinajstić information content (AvgIpc) is 3.20. The Kier molecular flexibility index (Phi) is 11.6. The molecule has 7 nitrogen and oxygen atoms in total. The number of carbonyl (C=O) groups excluding carboxylic acids is 1. The van der Waals surface area contributed by atoms with Gasteiger partial charge >= 0.3 is 0 Å². The SMILES string of the molecule is CCNC(=NCCC(=O)N1CCCC1)NCCOc1ccc(OC)cc1.I. The highest BCUT2D eigenvalue weighted by atomic mass is 127. The van der Waals surface area contributed by atoms with Gasteiger partial charge in [-0.2, -0.15) is 0 Å². The molecule has 1 aromatic rings. The molecule has 0 radical (unpaired) electrons. The maximum absolute atomic E-state index is 12.0. The van der Waals surface area contributed by atoms with Crippen molar-refractivity contribution < 1.29 is 14.3 Å². The summed E-state index contributed by atoms with van der Waals surface area (Å²) in [6.07, 6.45) is 2.69. The number of amides is 1. The van der Waals surface area contributed by atoms with E-state index in [1.807, 2.05) is 36.1 Å². The molecule has 0 aliphatic carbocycles. The van der Waals surface area contributed by atoms with Gasteiger partial charge in [-0.15, -0.1) is 24.0 Å². The number of methoxy groups -OCH3 is 1. The molecule has 0 saturated carbocycles. The van der Waals surface area contributed by atoms with E-state index in [0.717, 1.165) is 44.0 Å². The highest BCUT2D eigenvalue weighted by molar-refractivity contribution is 14.0. The van der Waals surface area contributed by atoms with Crippen LogP contribution in [-0.2, 0) is 4.79 Å². The Morgan fingerprint density at radius 1 is 1.15 bits per heavy atom. The molecule has 1 saturated heterocycles. The molecular formula is C19H31IN4O3. The highest BCUT2D eigenvalue weighted by Crippen LogP contribution is 2.16. The van der Waals surface area contributed by atoms with Gasteiger partial charge in [0.1, 0.15) is 18.1 Å². The van der Waals surface area contributed by atoms with Gasteiger partial charge in [-0.3, -0.25) is 9.79 Å². The Morgan fingerprint density at radius 2 is 1.81 bits per heavy atom. The maximum atomic E-state index is 12.0. The van der Waals surface area contributed by atoms with Gasteiger partial charge in [-0.25, -0.2) is 0 Å². The summed E-state index contributed by atoms with van der Waals surface area (Å²) in [4.78, 5) is 18.4. The van der Waals surface area contributed by atoms with Crippen LogP contribution in [0.2, 0.25) is 0 Å². The normalized spacial score (nSPS) is 13.7. The first-order valence-corrected chi connectivity index (χ1v) is 9.29. The van der Waals surface area contributed by atoms with Crippen molar-refractivity contribution in [2.75, 3.05) is 46.4 Å². The standard InChI is InChI=1S/C19H30N4O3.HI/c1-3-20-19(21-11-10-18(24)23-13-4-5-14-23)22-12-15-26-17-8-6-16(25-2)7-9-17;/h6-9H,3-5,10-15H2,1-2H3,(H2,20,21,22);1H. The van der Waals surface area contributed by atoms with E-state index in [1.165, 1.54) is 0 Å². The maximum Gasteiger partial charge on any atom is 0.224 e. The molecule has 1 heterocycles. The first-order chi connectivity index (χ1) is 12.7. The molecule has 27 heavy (non-hydrogen) atoms. The summed E-state index contributed by atoms with van der Waals surface area (Å²) in [5, 5.41) is 6.40. The van der Waals surface area contributed by atoms with Crippen molar-refractivity contribution in [3.8, 4) is 11.5 Å². The van der Waals surface area contributed by atoms with E-state index in [1.54, 1.807) is 7.11 Å². The highest BCUT2D eigenvalue weighted by Gasteiger charge is 2.16. The number of aliphatic imine (C=N–C) groups is 1. The zero-order chi connectivity index (χ0) is 18.6. The molecule has 0 unspecified atom stereocenters. The molecule has 0 atom stereocenters. The van der Waals surface area contributed by atoms with Crippen LogP contribution >= 0.6 is 24.0 Å². The monoisotopic (exact) mass is 490 g/mol. The van der Waals surface area contributed by atoms with E-state index >= 15 is 0 Å². The number of hydrogen-bond acceptors (Lipinski definition) is 4. The second-order valence-electron chi connectivity index (χ2n) is 6.05. The predicted octanol–water partition coefficient (Wildman–Crippen LogP) is 2.26. The lowest BCUT2D eigenvalue weighted by Crippen LogP contribution is -2.39. The Morgan fingerprint density at radius 3 is 2.44 bits per heavy atom. The third-order valence-corrected chi connectivity index (χ3v) is 4.12. The van der Waals surface area contributed by atoms with Gasteiger partial charge in [0.25, 0.3) is 0 Å². The molecule has 1 aliphatic rings. The zero-order valence-electron chi connectivity index (χ0n) is 16.2. The van der Waals surface area contributed by atoms with Gasteiger partial charge in [0, 0.05) is 26.1 Å². The molecule has 1 fully saturated rings. The van der Waals surface area contributed by atoms with Crippen LogP contribution in [0.15, 0.2) is 29.3 Å². The molecule has 152 valence electrons. The number of halogens is 1. The fourth-order valence-electron chi connectivity index (χ4n) is 2.74. The molecular weight excluding hydrogens is 459 g/mol. The van der Waals surface area contributed by atoms with Crippen LogP contribution in [-0.4, -0.2) is 63.2 Å². The number of hydrogen-bond donors (Lipinski definition) is 2. The lowest BCUT2D eigenvalue weighted by Gasteiger charge is -2.15. The Balaban J connectivity index is 0.00000364. The van der Waals surface area contributed by atoms with E-state index in [0.29, 0.717) is 32.1 Å². The van der Waals surface area contributed by atoms with Gasteiger partial charge in [0.05, 0.1) is 20.2 Å². The number of ether oxygens (including phenoxy) is 2. The fourth-order valence-corrected chi connectivity index (χ4v) is 2.74. The van der Waals surface area contributed by atoms with Crippen molar-refractivity contribution in [3.63, 3.8) is 0 Å². The number of carbonyl (C=O) groups is 1. The van der Waals surface area contributed by atoms with E-state index in [9.17, 15) is 4.79 Å². The second kappa shape index (κ2) is 13.5. The first kappa shape index (κ1) is 23.3. The number of nitrogens with zero attached hydrogens (tertiary/aromatic N) is 2. The fraction of sp³-hybridized carbons (Fsp3) is 0.579. The van der Waals surface area contributed by atoms with Crippen LogP contribution in [0.1, 0.15) is 26.2 Å². The largest absolute Gasteiger partial charge is 0.497 e. The number of nitrogens with one attached hydrogen (secondary N) is 2. The number of guanidine groups is 1. The van der Waals surface area contributed by atoms with Gasteiger partial charge in [0.15, 0.2) is 5.96 Å². The summed E-state index contributed by atoms with van der Waals surface area (Å²) in [7, 11) is 1.64. The van der Waals surface area contributed by atoms with Crippen LogP contribution in [0.5, 0.6) is 11.5 Å². The van der Waals surface area contributed by atoms with Crippen molar-refractivity contribution in [2.45, 2.75) is 26.2 Å². The van der Waals surface area contributed by atoms with Crippen LogP contribution in [0.4, 0.5) is 0 Å². The molecule has 1 aliphatic heterocycles. The van der Waals surface area contributed by atoms with Crippen molar-refractivity contribution in [1.29, 1.82) is 0 Å². The van der Waals surface area contributed by atoms with E-state index in [2.05, 4.69) is 15.6 Å². The molecule has 2 rings (SSSR count). The molecule has 0 spiro atoms. The molecule has 0 bridgehead atoms. The molecule has 0 aromatic heterocycles. The summed E-state index contributed by atoms with van der Waals surface area (Å²) in [5.41, 5.74) is 0. The summed E-state index contributed by atoms with van der Waals surface area (Å²) in [5.74, 6) is 2.51. The van der Waals surface area contributed by atoms with Crippen molar-refractivity contribution >= 4 is 35.8 Å². The minimum absolute atomic E-state index is 0. The Labute approximate surface area is 178 Å². The van der Waals surface area contributed by atoms with Crippen LogP contribution in [0.25, 0.3) is 0 Å². The quantitative estimate of drug-likeness (QED) is 0.241. The van der Waals surface area contributed by atoms with Gasteiger partial charge in [-0.05, 0) is 44.0 Å². The average molecular weight is 490 g/mol. The summed E-state index contributed by atoms with van der Waals surface area (Å²) >= 11 is 0. The van der Waals surface area contributed by atoms with Gasteiger partial charge in [-0.1, -0.05) is 0 Å². The van der Waals surface area contributed by atoms with Crippen LogP contribution in [0, 0.1) is 0 Å². The summed E-state index contributed by atoms with van der Waals surface area (Å²) in [6.45, 7) is 6.20. The second-order valence-corrected chi connectivity index (χ2v) is 6.05. The number of benzene rings is 1. The van der Waals surface area contributed by atoms with Crippen LogP contribution in [0.3, 0.4) is 0 Å². The van der Waals surface area contributed by atoms with Gasteiger partial charge in [0.2, 0.25) is 5.91 Å². The van der Waals surface area contributed by atoms with E-state index in [4.69, 9.17) is 9.47 Å². The topological polar surface area (TPSA) is 75.2 Å². The Bertz CT molecular complexity index is 575. The number of likely N-dealkylation sites (tertiary alicyclic amines) is 1. The molecule has 1 amide bonds. The van der Waals surface area contributed by atoms with Crippen LogP contribution < -0.4 is 20.1 Å². The van der Waals surface area contributed by atoms with Crippen molar-refractivity contribution in [2.24, 2.45) is 4.99 Å². The molecule has 8 heteroatoms. The predicted molar refractivity (Wildman–Crippen MR) is 118 cm³/mol. The minimum Gasteiger partial charge on any atom is -0.497 e. The lowest BCUT2D eigenvalue weighted by atomic mass is 10.3. The van der Waals surface area contributed by atoms with Crippen molar-refractivity contribution in [1.82, 2.24) is 15.5 Å². The summed E-state index contributed by atoms with van der Waals surface area (Å²) in [6, 6.07) is 7.49. The van der Waals surface area contributed by atoms with Gasteiger partial charge < -0.3 is 25.0 Å². The van der Waals surface area contributed by atoms with Crippen molar-refractivity contribution in [3.05, 3.63) is 24.3 Å². The zero-order valence-corrected chi connectivity index (χ0v) is 18.5. The van der Waals surface area contributed by atoms with E-state index in [-0.39, 0.29) is 29.9 Å². The lowest BCUT2D eigenvalue weighted by molar-refractivity contribution is -0.129. The smallest absolute Gasteiger partial charge is 0.224 e. The number of rotatable bonds is 9. The summed E-state index contributed by atoms with van der Waals surface area (Å²) < 4.78 is 10.8. The van der Waals surface area contributed by atoms with E-state index < -0.39 is 0 Å². The first-order valence-electron chi connectivity index (χ1n) is 9.29. The molecule has 2 N–H and O–H groups in total. The molecule has 1 aromatic carbocycles.